The molecule has 0 aromatic carbocycles. The third kappa shape index (κ3) is 3.43. The molecule has 1 atom stereocenters. The molecule has 0 amide bonds. The average Bonchev–Trinajstić information content (AvgIpc) is 2.72. The summed E-state index contributed by atoms with van der Waals surface area (Å²) < 4.78 is 0. The van der Waals surface area contributed by atoms with Gasteiger partial charge in [0.15, 0.2) is 0 Å². The van der Waals surface area contributed by atoms with Crippen LogP contribution in [0.3, 0.4) is 0 Å². The minimum Gasteiger partial charge on any atom is -0.369 e. The lowest BCUT2D eigenvalue weighted by molar-refractivity contribution is 0.508. The van der Waals surface area contributed by atoms with Crippen LogP contribution in [0.4, 0.5) is 5.82 Å². The van der Waals surface area contributed by atoms with E-state index in [0.717, 1.165) is 25.2 Å². The molecule has 1 heterocycles. The Balaban J connectivity index is 1.87. The van der Waals surface area contributed by atoms with Gasteiger partial charge in [0.2, 0.25) is 0 Å². The number of nitrogens with one attached hydrogen (secondary N) is 1. The highest BCUT2D eigenvalue weighted by molar-refractivity contribution is 5.40. The summed E-state index contributed by atoms with van der Waals surface area (Å²) in [5, 5.41) is 3.34. The Bertz CT molecular complexity index is 374. The van der Waals surface area contributed by atoms with Crippen LogP contribution in [0.2, 0.25) is 0 Å². The van der Waals surface area contributed by atoms with Crippen molar-refractivity contribution in [1.29, 1.82) is 0 Å². The van der Waals surface area contributed by atoms with Crippen LogP contribution in [0.1, 0.15) is 37.9 Å². The van der Waals surface area contributed by atoms with Gasteiger partial charge in [0.05, 0.1) is 0 Å². The van der Waals surface area contributed by atoms with Crippen molar-refractivity contribution in [2.45, 2.75) is 45.6 Å². The maximum atomic E-state index is 6.04. The van der Waals surface area contributed by atoms with E-state index in [0.29, 0.717) is 5.92 Å². The first-order valence-corrected chi connectivity index (χ1v) is 6.63. The molecule has 0 spiro atoms. The quantitative estimate of drug-likeness (QED) is 0.821. The summed E-state index contributed by atoms with van der Waals surface area (Å²) in [6.45, 7) is 5.21. The van der Waals surface area contributed by atoms with Crippen molar-refractivity contribution in [3.8, 4) is 0 Å². The van der Waals surface area contributed by atoms with Gasteiger partial charge in [0.25, 0.3) is 0 Å². The van der Waals surface area contributed by atoms with Gasteiger partial charge < -0.3 is 11.1 Å². The van der Waals surface area contributed by atoms with E-state index in [4.69, 9.17) is 5.73 Å². The van der Waals surface area contributed by atoms with Crippen molar-refractivity contribution in [3.05, 3.63) is 23.4 Å². The zero-order valence-electron chi connectivity index (χ0n) is 10.9. The molecule has 3 heteroatoms. The van der Waals surface area contributed by atoms with Crippen molar-refractivity contribution in [2.24, 2.45) is 11.7 Å². The molecule has 0 aliphatic heterocycles. The Morgan fingerprint density at radius 1 is 1.35 bits per heavy atom. The van der Waals surface area contributed by atoms with E-state index >= 15 is 0 Å². The van der Waals surface area contributed by atoms with Gasteiger partial charge >= 0.3 is 0 Å². The van der Waals surface area contributed by atoms with Crippen molar-refractivity contribution in [1.82, 2.24) is 4.98 Å². The number of anilines is 1. The van der Waals surface area contributed by atoms with Gasteiger partial charge in [-0.1, -0.05) is 19.9 Å². The SMILES string of the molecule is CC(C)CC(N)CNc1ccc2c(n1)CCC2. The number of rotatable bonds is 5. The zero-order chi connectivity index (χ0) is 12.3. The number of pyridine rings is 1. The zero-order valence-corrected chi connectivity index (χ0v) is 10.9. The van der Waals surface area contributed by atoms with Crippen LogP contribution in [-0.2, 0) is 12.8 Å². The largest absolute Gasteiger partial charge is 0.369 e. The van der Waals surface area contributed by atoms with Crippen LogP contribution in [-0.4, -0.2) is 17.6 Å². The first-order valence-electron chi connectivity index (χ1n) is 6.63. The lowest BCUT2D eigenvalue weighted by atomic mass is 10.0. The van der Waals surface area contributed by atoms with Crippen molar-refractivity contribution in [2.75, 3.05) is 11.9 Å². The molecule has 1 aliphatic carbocycles. The van der Waals surface area contributed by atoms with Crippen LogP contribution >= 0.6 is 0 Å². The summed E-state index contributed by atoms with van der Waals surface area (Å²) in [5.74, 6) is 1.63. The van der Waals surface area contributed by atoms with Gasteiger partial charge in [0, 0.05) is 18.3 Å². The number of nitrogens with zero attached hydrogens (tertiary/aromatic N) is 1. The molecular weight excluding hydrogens is 210 g/mol. The number of nitrogens with two attached hydrogens (primary N) is 1. The summed E-state index contributed by atoms with van der Waals surface area (Å²) in [7, 11) is 0. The second kappa shape index (κ2) is 5.50. The van der Waals surface area contributed by atoms with E-state index in [1.807, 2.05) is 0 Å². The van der Waals surface area contributed by atoms with E-state index in [-0.39, 0.29) is 6.04 Å². The van der Waals surface area contributed by atoms with Gasteiger partial charge in [0.1, 0.15) is 5.82 Å². The van der Waals surface area contributed by atoms with E-state index in [9.17, 15) is 0 Å². The van der Waals surface area contributed by atoms with Gasteiger partial charge in [-0.3, -0.25) is 0 Å². The molecule has 0 saturated carbocycles. The number of aryl methyl sites for hydroxylation is 2. The topological polar surface area (TPSA) is 50.9 Å². The maximum Gasteiger partial charge on any atom is 0.126 e. The monoisotopic (exact) mass is 233 g/mol. The Morgan fingerprint density at radius 3 is 2.94 bits per heavy atom. The third-order valence-corrected chi connectivity index (χ3v) is 3.25. The molecule has 1 aliphatic rings. The Labute approximate surface area is 104 Å². The third-order valence-electron chi connectivity index (χ3n) is 3.25. The fourth-order valence-corrected chi connectivity index (χ4v) is 2.44. The number of hydrogen-bond acceptors (Lipinski definition) is 3. The predicted molar refractivity (Wildman–Crippen MR) is 72.2 cm³/mol. The Hall–Kier alpha value is -1.09. The minimum absolute atomic E-state index is 0.213. The smallest absolute Gasteiger partial charge is 0.126 e. The van der Waals surface area contributed by atoms with E-state index in [1.165, 1.54) is 24.1 Å². The highest BCUT2D eigenvalue weighted by Gasteiger charge is 2.12. The minimum atomic E-state index is 0.213. The van der Waals surface area contributed by atoms with Gasteiger partial charge in [-0.15, -0.1) is 0 Å². The number of hydrogen-bond donors (Lipinski definition) is 2. The molecule has 17 heavy (non-hydrogen) atoms. The standard InChI is InChI=1S/C14H23N3/c1-10(2)8-12(15)9-16-14-7-6-11-4-3-5-13(11)17-14/h6-7,10,12H,3-5,8-9,15H2,1-2H3,(H,16,17). The van der Waals surface area contributed by atoms with Crippen LogP contribution in [0, 0.1) is 5.92 Å². The molecule has 1 aromatic rings. The fraction of sp³-hybridized carbons (Fsp3) is 0.643. The van der Waals surface area contributed by atoms with Gasteiger partial charge in [-0.05, 0) is 43.2 Å². The Morgan fingerprint density at radius 2 is 2.18 bits per heavy atom. The normalized spacial score (nSPS) is 16.0. The molecule has 94 valence electrons. The molecule has 3 N–H and O–H groups in total. The van der Waals surface area contributed by atoms with E-state index in [2.05, 4.69) is 36.3 Å². The van der Waals surface area contributed by atoms with Crippen molar-refractivity contribution >= 4 is 5.82 Å². The summed E-state index contributed by atoms with van der Waals surface area (Å²) in [5.41, 5.74) is 8.73. The van der Waals surface area contributed by atoms with Crippen LogP contribution in [0.25, 0.3) is 0 Å². The molecule has 0 bridgehead atoms. The summed E-state index contributed by atoms with van der Waals surface area (Å²) in [4.78, 5) is 4.64. The van der Waals surface area contributed by atoms with Crippen LogP contribution < -0.4 is 11.1 Å². The van der Waals surface area contributed by atoms with Gasteiger partial charge in [-0.2, -0.15) is 0 Å². The van der Waals surface area contributed by atoms with Crippen molar-refractivity contribution < 1.29 is 0 Å². The van der Waals surface area contributed by atoms with Gasteiger partial charge in [-0.25, -0.2) is 4.98 Å². The maximum absolute atomic E-state index is 6.04. The molecule has 3 nitrogen and oxygen atoms in total. The number of aromatic nitrogens is 1. The first kappa shape index (κ1) is 12.4. The summed E-state index contributed by atoms with van der Waals surface area (Å²) >= 11 is 0. The predicted octanol–water partition coefficient (Wildman–Crippen LogP) is 2.36. The van der Waals surface area contributed by atoms with E-state index < -0.39 is 0 Å². The van der Waals surface area contributed by atoms with Crippen LogP contribution in [0.5, 0.6) is 0 Å². The summed E-state index contributed by atoms with van der Waals surface area (Å²) in [6, 6.07) is 4.49. The summed E-state index contributed by atoms with van der Waals surface area (Å²) in [6.07, 6.45) is 4.62. The highest BCUT2D eigenvalue weighted by Crippen LogP contribution is 2.21. The molecule has 2 rings (SSSR count). The number of fused-ring (bicyclic) bond motifs is 1. The van der Waals surface area contributed by atoms with E-state index in [1.54, 1.807) is 0 Å². The second-order valence-corrected chi connectivity index (χ2v) is 5.43. The lowest BCUT2D eigenvalue weighted by Crippen LogP contribution is -2.30. The molecule has 0 radical (unpaired) electrons. The second-order valence-electron chi connectivity index (χ2n) is 5.43. The fourth-order valence-electron chi connectivity index (χ4n) is 2.44. The lowest BCUT2D eigenvalue weighted by Gasteiger charge is -2.15. The molecule has 0 fully saturated rings. The molecule has 1 aromatic heterocycles. The molecule has 1 unspecified atom stereocenters. The van der Waals surface area contributed by atoms with Crippen molar-refractivity contribution in [3.63, 3.8) is 0 Å². The average molecular weight is 233 g/mol. The Kier molecular flexibility index (Phi) is 4.00. The molecular formula is C14H23N3. The molecule has 0 saturated heterocycles. The highest BCUT2D eigenvalue weighted by atomic mass is 15.0. The van der Waals surface area contributed by atoms with Crippen LogP contribution in [0.15, 0.2) is 12.1 Å². The first-order chi connectivity index (χ1) is 8.15.